The van der Waals surface area contributed by atoms with Gasteiger partial charge in [0.1, 0.15) is 5.75 Å². The van der Waals surface area contributed by atoms with Crippen molar-refractivity contribution in [3.05, 3.63) is 75.6 Å². The number of rotatable bonds is 8. The molecule has 0 aliphatic heterocycles. The van der Waals surface area contributed by atoms with Gasteiger partial charge in [-0.3, -0.25) is 9.69 Å². The van der Waals surface area contributed by atoms with E-state index in [1.807, 2.05) is 44.2 Å². The molecule has 0 aliphatic carbocycles. The van der Waals surface area contributed by atoms with E-state index in [-0.39, 0.29) is 5.43 Å². The number of fused-ring (bicyclic) bond motifs is 1. The summed E-state index contributed by atoms with van der Waals surface area (Å²) in [4.78, 5) is 18.3. The van der Waals surface area contributed by atoms with E-state index >= 15 is 0 Å². The quantitative estimate of drug-likeness (QED) is 0.633. The molecule has 1 aromatic heterocycles. The molecule has 0 saturated heterocycles. The molecule has 0 aliphatic rings. The maximum Gasteiger partial charge on any atom is 0.189 e. The Hall–Kier alpha value is -2.59. The largest absolute Gasteiger partial charge is 0.494 e. The molecule has 4 heteroatoms. The van der Waals surface area contributed by atoms with Gasteiger partial charge in [0.15, 0.2) is 5.43 Å². The number of H-pyrrole nitrogens is 1. The van der Waals surface area contributed by atoms with Crippen LogP contribution in [0.1, 0.15) is 37.1 Å². The summed E-state index contributed by atoms with van der Waals surface area (Å²) in [7, 11) is 0. The van der Waals surface area contributed by atoms with Gasteiger partial charge in [-0.05, 0) is 56.6 Å². The van der Waals surface area contributed by atoms with E-state index in [0.29, 0.717) is 6.61 Å². The summed E-state index contributed by atoms with van der Waals surface area (Å²) < 4.78 is 5.52. The summed E-state index contributed by atoms with van der Waals surface area (Å²) in [5.74, 6) is 0.900. The first-order valence-corrected chi connectivity index (χ1v) is 9.65. The van der Waals surface area contributed by atoms with Crippen LogP contribution in [0.2, 0.25) is 0 Å². The molecular weight excluding hydrogens is 336 g/mol. The fraction of sp³-hybridized carbons (Fsp3) is 0.348. The molecule has 0 bridgehead atoms. The van der Waals surface area contributed by atoms with Crippen LogP contribution in [0.3, 0.4) is 0 Å². The van der Waals surface area contributed by atoms with Crippen LogP contribution in [0.5, 0.6) is 5.75 Å². The number of aromatic amines is 1. The third-order valence-electron chi connectivity index (χ3n) is 4.62. The second kappa shape index (κ2) is 8.87. The number of hydrogen-bond donors (Lipinski definition) is 1. The van der Waals surface area contributed by atoms with Crippen LogP contribution in [-0.4, -0.2) is 23.0 Å². The number of nitrogens with one attached hydrogen (secondary N) is 1. The number of aryl methyl sites for hydroxylation is 1. The SMILES string of the molecule is CCCN(Cc1ccc(OCC)cc1)Cc1cc(=O)c2cc(C)ccc2[nH]1. The minimum atomic E-state index is 0.0833. The van der Waals surface area contributed by atoms with Crippen LogP contribution in [0.4, 0.5) is 0 Å². The lowest BCUT2D eigenvalue weighted by molar-refractivity contribution is 0.254. The first-order valence-electron chi connectivity index (χ1n) is 9.65. The summed E-state index contributed by atoms with van der Waals surface area (Å²) in [6.07, 6.45) is 1.06. The van der Waals surface area contributed by atoms with E-state index in [4.69, 9.17) is 4.74 Å². The zero-order valence-corrected chi connectivity index (χ0v) is 16.4. The highest BCUT2D eigenvalue weighted by Gasteiger charge is 2.09. The van der Waals surface area contributed by atoms with Crippen molar-refractivity contribution in [1.82, 2.24) is 9.88 Å². The number of pyridine rings is 1. The molecule has 0 radical (unpaired) electrons. The smallest absolute Gasteiger partial charge is 0.189 e. The van der Waals surface area contributed by atoms with Gasteiger partial charge in [-0.1, -0.05) is 30.7 Å². The fourth-order valence-corrected chi connectivity index (χ4v) is 3.39. The highest BCUT2D eigenvalue weighted by molar-refractivity contribution is 5.79. The van der Waals surface area contributed by atoms with Crippen molar-refractivity contribution < 1.29 is 4.74 Å². The second-order valence-electron chi connectivity index (χ2n) is 7.00. The molecule has 3 rings (SSSR count). The summed E-state index contributed by atoms with van der Waals surface area (Å²) in [6, 6.07) is 16.0. The van der Waals surface area contributed by atoms with Gasteiger partial charge in [0.05, 0.1) is 6.61 Å². The Balaban J connectivity index is 1.78. The van der Waals surface area contributed by atoms with Crippen molar-refractivity contribution in [2.45, 2.75) is 40.3 Å². The Morgan fingerprint density at radius 3 is 2.48 bits per heavy atom. The van der Waals surface area contributed by atoms with Crippen LogP contribution in [0.15, 0.2) is 53.3 Å². The van der Waals surface area contributed by atoms with E-state index in [9.17, 15) is 4.79 Å². The lowest BCUT2D eigenvalue weighted by Crippen LogP contribution is -2.25. The van der Waals surface area contributed by atoms with Crippen molar-refractivity contribution in [1.29, 1.82) is 0 Å². The average molecular weight is 364 g/mol. The van der Waals surface area contributed by atoms with Gasteiger partial charge in [-0.2, -0.15) is 0 Å². The molecule has 27 heavy (non-hydrogen) atoms. The number of ether oxygens (including phenoxy) is 1. The highest BCUT2D eigenvalue weighted by atomic mass is 16.5. The number of aromatic nitrogens is 1. The first kappa shape index (κ1) is 19.2. The van der Waals surface area contributed by atoms with E-state index in [2.05, 4.69) is 28.9 Å². The number of hydrogen-bond acceptors (Lipinski definition) is 3. The molecule has 1 heterocycles. The van der Waals surface area contributed by atoms with E-state index in [0.717, 1.165) is 54.0 Å². The third kappa shape index (κ3) is 4.98. The van der Waals surface area contributed by atoms with Crippen molar-refractivity contribution in [3.63, 3.8) is 0 Å². The topological polar surface area (TPSA) is 45.3 Å². The molecule has 0 saturated carbocycles. The molecule has 0 atom stereocenters. The van der Waals surface area contributed by atoms with Crippen LogP contribution >= 0.6 is 0 Å². The van der Waals surface area contributed by atoms with Crippen molar-refractivity contribution in [2.75, 3.05) is 13.2 Å². The maximum absolute atomic E-state index is 12.5. The van der Waals surface area contributed by atoms with Gasteiger partial charge in [0.2, 0.25) is 0 Å². The molecular formula is C23H28N2O2. The Morgan fingerprint density at radius 1 is 1.00 bits per heavy atom. The minimum Gasteiger partial charge on any atom is -0.494 e. The standard InChI is InChI=1S/C23H28N2O2/c1-4-12-25(15-18-7-9-20(10-8-18)27-5-2)16-19-14-23(26)21-13-17(3)6-11-22(21)24-19/h6-11,13-14H,4-5,12,15-16H2,1-3H3,(H,24,26). The van der Waals surface area contributed by atoms with E-state index in [1.165, 1.54) is 5.56 Å². The molecule has 0 fully saturated rings. The van der Waals surface area contributed by atoms with Gasteiger partial charge in [0, 0.05) is 35.8 Å². The molecule has 4 nitrogen and oxygen atoms in total. The van der Waals surface area contributed by atoms with Crippen molar-refractivity contribution in [2.24, 2.45) is 0 Å². The Labute approximate surface area is 160 Å². The van der Waals surface area contributed by atoms with Crippen LogP contribution < -0.4 is 10.2 Å². The van der Waals surface area contributed by atoms with Crippen LogP contribution in [0, 0.1) is 6.92 Å². The number of benzene rings is 2. The summed E-state index contributed by atoms with van der Waals surface area (Å²) in [6.45, 7) is 9.39. The fourth-order valence-electron chi connectivity index (χ4n) is 3.39. The molecule has 0 amide bonds. The van der Waals surface area contributed by atoms with Gasteiger partial charge >= 0.3 is 0 Å². The third-order valence-corrected chi connectivity index (χ3v) is 4.62. The minimum absolute atomic E-state index is 0.0833. The van der Waals surface area contributed by atoms with Gasteiger partial charge in [0.25, 0.3) is 0 Å². The maximum atomic E-state index is 12.5. The van der Waals surface area contributed by atoms with Crippen molar-refractivity contribution >= 4 is 10.9 Å². The van der Waals surface area contributed by atoms with Crippen molar-refractivity contribution in [3.8, 4) is 5.75 Å². The summed E-state index contributed by atoms with van der Waals surface area (Å²) in [5, 5.41) is 0.757. The van der Waals surface area contributed by atoms with Crippen LogP contribution in [-0.2, 0) is 13.1 Å². The van der Waals surface area contributed by atoms with E-state index in [1.54, 1.807) is 6.07 Å². The lowest BCUT2D eigenvalue weighted by Gasteiger charge is -2.22. The predicted octanol–water partition coefficient (Wildman–Crippen LogP) is 4.65. The second-order valence-corrected chi connectivity index (χ2v) is 7.00. The zero-order valence-electron chi connectivity index (χ0n) is 16.4. The molecule has 142 valence electrons. The highest BCUT2D eigenvalue weighted by Crippen LogP contribution is 2.16. The normalized spacial score (nSPS) is 11.3. The molecule has 2 aromatic carbocycles. The molecule has 0 spiro atoms. The average Bonchev–Trinajstić information content (AvgIpc) is 2.64. The molecule has 1 N–H and O–H groups in total. The zero-order chi connectivity index (χ0) is 19.2. The summed E-state index contributed by atoms with van der Waals surface area (Å²) >= 11 is 0. The number of nitrogens with zero attached hydrogens (tertiary/aromatic N) is 1. The van der Waals surface area contributed by atoms with Crippen LogP contribution in [0.25, 0.3) is 10.9 Å². The Morgan fingerprint density at radius 2 is 1.78 bits per heavy atom. The Bertz CT molecular complexity index is 945. The molecule has 3 aromatic rings. The van der Waals surface area contributed by atoms with Gasteiger partial charge in [-0.15, -0.1) is 0 Å². The summed E-state index contributed by atoms with van der Waals surface area (Å²) in [5.41, 5.74) is 4.28. The lowest BCUT2D eigenvalue weighted by atomic mass is 10.1. The predicted molar refractivity (Wildman–Crippen MR) is 111 cm³/mol. The van der Waals surface area contributed by atoms with Gasteiger partial charge in [-0.25, -0.2) is 0 Å². The Kier molecular flexibility index (Phi) is 6.30. The first-order chi connectivity index (χ1) is 13.1. The van der Waals surface area contributed by atoms with Gasteiger partial charge < -0.3 is 9.72 Å². The monoisotopic (exact) mass is 364 g/mol. The molecule has 0 unspecified atom stereocenters. The van der Waals surface area contributed by atoms with E-state index < -0.39 is 0 Å².